The molecule has 2 aromatic heterocycles. The third kappa shape index (κ3) is 2.83. The van der Waals surface area contributed by atoms with E-state index in [2.05, 4.69) is 14.9 Å². The molecule has 0 unspecified atom stereocenters. The van der Waals surface area contributed by atoms with Gasteiger partial charge in [0.1, 0.15) is 5.00 Å². The topological polar surface area (TPSA) is 97.6 Å². The molecule has 130 valence electrons. The maximum absolute atomic E-state index is 12.6. The summed E-state index contributed by atoms with van der Waals surface area (Å²) in [5.41, 5.74) is 1.73. The molecule has 10 heteroatoms. The van der Waals surface area contributed by atoms with E-state index in [1.165, 1.54) is 15.6 Å². The Bertz CT molecular complexity index is 852. The average molecular weight is 370 g/mol. The number of aromatic nitrogens is 2. The molecule has 0 aliphatic carbocycles. The number of aryl methyl sites for hydroxylation is 1. The van der Waals surface area contributed by atoms with Crippen LogP contribution < -0.4 is 4.72 Å². The zero-order chi connectivity index (χ0) is 16.7. The highest BCUT2D eigenvalue weighted by molar-refractivity contribution is 7.90. The van der Waals surface area contributed by atoms with Crippen LogP contribution >= 0.6 is 11.3 Å². The van der Waals surface area contributed by atoms with Crippen LogP contribution in [0.1, 0.15) is 29.1 Å². The number of ether oxygens (including phenoxy) is 1. The first-order chi connectivity index (χ1) is 11.5. The van der Waals surface area contributed by atoms with Gasteiger partial charge in [0.2, 0.25) is 0 Å². The van der Waals surface area contributed by atoms with E-state index in [1.807, 2.05) is 0 Å². The van der Waals surface area contributed by atoms with Gasteiger partial charge in [0.05, 0.1) is 18.8 Å². The highest BCUT2D eigenvalue weighted by Crippen LogP contribution is 2.43. The van der Waals surface area contributed by atoms with Crippen molar-refractivity contribution in [2.24, 2.45) is 0 Å². The van der Waals surface area contributed by atoms with E-state index in [0.29, 0.717) is 55.0 Å². The van der Waals surface area contributed by atoms with Gasteiger partial charge in [-0.25, -0.2) is 0 Å². The molecule has 0 spiro atoms. The molecule has 24 heavy (non-hydrogen) atoms. The third-order valence-corrected chi connectivity index (χ3v) is 6.95. The minimum Gasteiger partial charge on any atom is -0.376 e. The van der Waals surface area contributed by atoms with E-state index in [0.717, 1.165) is 23.3 Å². The van der Waals surface area contributed by atoms with E-state index in [1.54, 1.807) is 6.92 Å². The van der Waals surface area contributed by atoms with Gasteiger partial charge in [0.15, 0.2) is 5.82 Å². The summed E-state index contributed by atoms with van der Waals surface area (Å²) < 4.78 is 40.3. The predicted molar refractivity (Wildman–Crippen MR) is 89.1 cm³/mol. The number of hydrogen-bond donors (Lipinski definition) is 1. The van der Waals surface area contributed by atoms with Crippen LogP contribution in [0.2, 0.25) is 0 Å². The summed E-state index contributed by atoms with van der Waals surface area (Å²) in [7, 11) is -3.57. The summed E-state index contributed by atoms with van der Waals surface area (Å²) in [5.74, 6) is 0.872. The van der Waals surface area contributed by atoms with Crippen molar-refractivity contribution < 1.29 is 17.7 Å². The van der Waals surface area contributed by atoms with Gasteiger partial charge in [-0.05, 0) is 31.7 Å². The molecular weight excluding hydrogens is 352 g/mol. The summed E-state index contributed by atoms with van der Waals surface area (Å²) >= 11 is 1.38. The first-order valence-corrected chi connectivity index (χ1v) is 10.1. The highest BCUT2D eigenvalue weighted by Gasteiger charge is 2.31. The molecule has 0 saturated carbocycles. The van der Waals surface area contributed by atoms with Gasteiger partial charge in [-0.3, -0.25) is 4.72 Å². The Morgan fingerprint density at radius 2 is 2.08 bits per heavy atom. The second-order valence-corrected chi connectivity index (χ2v) is 8.65. The first-order valence-electron chi connectivity index (χ1n) is 7.85. The van der Waals surface area contributed by atoms with Crippen molar-refractivity contribution in [3.05, 3.63) is 16.3 Å². The van der Waals surface area contributed by atoms with Crippen molar-refractivity contribution >= 4 is 26.5 Å². The lowest BCUT2D eigenvalue weighted by atomic mass is 10.1. The summed E-state index contributed by atoms with van der Waals surface area (Å²) in [4.78, 5) is 5.29. The quantitative estimate of drug-likeness (QED) is 0.883. The molecule has 0 aromatic carbocycles. The Hall–Kier alpha value is -1.49. The van der Waals surface area contributed by atoms with Crippen LogP contribution in [-0.4, -0.2) is 42.6 Å². The number of anilines is 1. The van der Waals surface area contributed by atoms with Crippen LogP contribution in [0.4, 0.5) is 5.00 Å². The Kier molecular flexibility index (Phi) is 4.07. The summed E-state index contributed by atoms with van der Waals surface area (Å²) in [6.07, 6.45) is 2.49. The molecule has 2 aliphatic rings. The van der Waals surface area contributed by atoms with Gasteiger partial charge >= 0.3 is 10.2 Å². The van der Waals surface area contributed by atoms with Crippen LogP contribution in [-0.2, 0) is 28.0 Å². The van der Waals surface area contributed by atoms with Crippen LogP contribution in [0.25, 0.3) is 11.5 Å². The van der Waals surface area contributed by atoms with Gasteiger partial charge in [0.25, 0.3) is 5.89 Å². The SMILES string of the molecule is Cc1noc(-c2c(NS(=O)(=O)N3CCCC3)sc3c2CCOC3)n1. The fraction of sp³-hybridized carbons (Fsp3) is 0.571. The Morgan fingerprint density at radius 3 is 2.79 bits per heavy atom. The lowest BCUT2D eigenvalue weighted by molar-refractivity contribution is 0.113. The number of thiophene rings is 1. The van der Waals surface area contributed by atoms with Crippen LogP contribution in [0.15, 0.2) is 4.52 Å². The van der Waals surface area contributed by atoms with Gasteiger partial charge in [-0.15, -0.1) is 11.3 Å². The van der Waals surface area contributed by atoms with Crippen molar-refractivity contribution in [1.29, 1.82) is 0 Å². The molecule has 4 rings (SSSR count). The molecular formula is C14H18N4O4S2. The highest BCUT2D eigenvalue weighted by atomic mass is 32.2. The van der Waals surface area contributed by atoms with Crippen LogP contribution in [0, 0.1) is 6.92 Å². The Morgan fingerprint density at radius 1 is 1.29 bits per heavy atom. The number of nitrogens with zero attached hydrogens (tertiary/aromatic N) is 3. The Balaban J connectivity index is 1.76. The van der Waals surface area contributed by atoms with E-state index < -0.39 is 10.2 Å². The molecule has 8 nitrogen and oxygen atoms in total. The van der Waals surface area contributed by atoms with Crippen LogP contribution in [0.5, 0.6) is 0 Å². The largest absolute Gasteiger partial charge is 0.376 e. The van der Waals surface area contributed by atoms with E-state index in [4.69, 9.17) is 9.26 Å². The molecule has 0 radical (unpaired) electrons. The van der Waals surface area contributed by atoms with Crippen LogP contribution in [0.3, 0.4) is 0 Å². The average Bonchev–Trinajstić information content (AvgIpc) is 3.25. The number of rotatable bonds is 4. The fourth-order valence-corrected chi connectivity index (χ4v) is 5.75. The normalized spacial score (nSPS) is 18.7. The van der Waals surface area contributed by atoms with E-state index in [9.17, 15) is 8.42 Å². The smallest absolute Gasteiger partial charge is 0.302 e. The standard InChI is InChI=1S/C14H18N4O4S2/c1-9-15-13(22-16-9)12-10-4-7-21-8-11(10)23-14(12)17-24(19,20)18-5-2-3-6-18/h17H,2-8H2,1H3. The molecule has 2 aliphatic heterocycles. The lowest BCUT2D eigenvalue weighted by Crippen LogP contribution is -2.33. The van der Waals surface area contributed by atoms with Gasteiger partial charge in [0, 0.05) is 18.0 Å². The fourth-order valence-electron chi connectivity index (χ4n) is 3.04. The zero-order valence-electron chi connectivity index (χ0n) is 13.2. The summed E-state index contributed by atoms with van der Waals surface area (Å²) in [6, 6.07) is 0. The summed E-state index contributed by atoms with van der Waals surface area (Å²) in [6.45, 7) is 3.92. The van der Waals surface area contributed by atoms with Crippen molar-refractivity contribution in [3.8, 4) is 11.5 Å². The van der Waals surface area contributed by atoms with Gasteiger partial charge < -0.3 is 9.26 Å². The molecule has 0 atom stereocenters. The molecule has 2 aromatic rings. The Labute approximate surface area is 144 Å². The summed E-state index contributed by atoms with van der Waals surface area (Å²) in [5, 5.41) is 4.36. The van der Waals surface area contributed by atoms with Gasteiger partial charge in [-0.2, -0.15) is 17.7 Å². The number of fused-ring (bicyclic) bond motifs is 1. The van der Waals surface area contributed by atoms with E-state index >= 15 is 0 Å². The molecule has 0 bridgehead atoms. The monoisotopic (exact) mass is 370 g/mol. The minimum atomic E-state index is -3.57. The number of hydrogen-bond acceptors (Lipinski definition) is 7. The van der Waals surface area contributed by atoms with Crippen molar-refractivity contribution in [3.63, 3.8) is 0 Å². The predicted octanol–water partition coefficient (Wildman–Crippen LogP) is 1.93. The third-order valence-electron chi connectivity index (χ3n) is 4.19. The maximum Gasteiger partial charge on any atom is 0.302 e. The molecule has 1 N–H and O–H groups in total. The van der Waals surface area contributed by atoms with Gasteiger partial charge in [-0.1, -0.05) is 5.16 Å². The maximum atomic E-state index is 12.6. The zero-order valence-corrected chi connectivity index (χ0v) is 14.9. The second-order valence-electron chi connectivity index (χ2n) is 5.87. The molecule has 4 heterocycles. The van der Waals surface area contributed by atoms with Crippen molar-refractivity contribution in [2.75, 3.05) is 24.4 Å². The minimum absolute atomic E-state index is 0.353. The number of nitrogens with one attached hydrogen (secondary N) is 1. The molecule has 0 amide bonds. The van der Waals surface area contributed by atoms with E-state index in [-0.39, 0.29) is 0 Å². The van der Waals surface area contributed by atoms with Crippen molar-refractivity contribution in [2.45, 2.75) is 32.8 Å². The molecule has 1 saturated heterocycles. The van der Waals surface area contributed by atoms with Crippen molar-refractivity contribution in [1.82, 2.24) is 14.4 Å². The molecule has 1 fully saturated rings. The lowest BCUT2D eigenvalue weighted by Gasteiger charge is -2.16. The first kappa shape index (κ1) is 16.0. The second kappa shape index (κ2) is 6.10.